The first-order valence-electron chi connectivity index (χ1n) is 5.30. The zero-order valence-corrected chi connectivity index (χ0v) is 12.0. The minimum atomic E-state index is -1.27. The number of nitrogens with zero attached hydrogens (tertiary/aromatic N) is 1. The van der Waals surface area contributed by atoms with Gasteiger partial charge in [0, 0.05) is 6.07 Å². The molecule has 1 N–H and O–H groups in total. The Bertz CT molecular complexity index is 670. The number of carboxylic acid groups (broad SMARTS) is 1. The summed E-state index contributed by atoms with van der Waals surface area (Å²) in [5.41, 5.74) is -0.393. The van der Waals surface area contributed by atoms with Crippen molar-refractivity contribution in [3.05, 3.63) is 28.1 Å². The van der Waals surface area contributed by atoms with Crippen LogP contribution in [0, 0.1) is 5.82 Å². The monoisotopic (exact) mass is 345 g/mol. The van der Waals surface area contributed by atoms with E-state index in [1.807, 2.05) is 0 Å². The fraction of sp³-hybridized carbons (Fsp3) is 0.167. The molecule has 0 unspecified atom stereocenters. The molecule has 0 aliphatic carbocycles. The number of rotatable bonds is 4. The molecular formula is C12H9BrFNO5. The Morgan fingerprint density at radius 3 is 2.50 bits per heavy atom. The Hall–Kier alpha value is -2.09. The molecule has 1 aromatic carbocycles. The fourth-order valence-corrected chi connectivity index (χ4v) is 2.23. The molecule has 0 spiro atoms. The van der Waals surface area contributed by atoms with E-state index < -0.39 is 11.8 Å². The molecule has 0 radical (unpaired) electrons. The van der Waals surface area contributed by atoms with Gasteiger partial charge in [-0.15, -0.1) is 0 Å². The lowest BCUT2D eigenvalue weighted by Crippen LogP contribution is -1.97. The van der Waals surface area contributed by atoms with Crippen LogP contribution in [0.1, 0.15) is 10.5 Å². The number of ether oxygens (including phenoxy) is 2. The van der Waals surface area contributed by atoms with Crippen LogP contribution in [0.5, 0.6) is 11.5 Å². The van der Waals surface area contributed by atoms with Gasteiger partial charge in [0.2, 0.25) is 0 Å². The van der Waals surface area contributed by atoms with Crippen molar-refractivity contribution in [1.29, 1.82) is 0 Å². The summed E-state index contributed by atoms with van der Waals surface area (Å²) in [6.45, 7) is 0. The Morgan fingerprint density at radius 1 is 1.35 bits per heavy atom. The van der Waals surface area contributed by atoms with Crippen molar-refractivity contribution in [3.63, 3.8) is 0 Å². The summed E-state index contributed by atoms with van der Waals surface area (Å²) in [4.78, 5) is 10.8. The number of hydrogen-bond acceptors (Lipinski definition) is 5. The number of hydrogen-bond donors (Lipinski definition) is 1. The van der Waals surface area contributed by atoms with Crippen molar-refractivity contribution in [2.45, 2.75) is 0 Å². The number of aromatic nitrogens is 1. The third-order valence-electron chi connectivity index (χ3n) is 2.53. The molecular weight excluding hydrogens is 337 g/mol. The topological polar surface area (TPSA) is 81.8 Å². The molecule has 0 amide bonds. The average Bonchev–Trinajstić information content (AvgIpc) is 2.87. The Labute approximate surface area is 121 Å². The van der Waals surface area contributed by atoms with Crippen LogP contribution in [0.15, 0.2) is 21.1 Å². The van der Waals surface area contributed by atoms with E-state index in [0.29, 0.717) is 4.47 Å². The minimum Gasteiger partial charge on any atom is -0.492 e. The SMILES string of the molecule is COc1c(Br)cc(F)c(-c2cc(C(=O)O)no2)c1OC. The number of carboxylic acids is 1. The van der Waals surface area contributed by atoms with E-state index >= 15 is 0 Å². The van der Waals surface area contributed by atoms with Gasteiger partial charge in [-0.3, -0.25) is 0 Å². The third kappa shape index (κ3) is 2.34. The van der Waals surface area contributed by atoms with Crippen LogP contribution < -0.4 is 9.47 Å². The van der Waals surface area contributed by atoms with Crippen LogP contribution in [-0.2, 0) is 0 Å². The summed E-state index contributed by atoms with van der Waals surface area (Å²) in [5.74, 6) is -1.67. The lowest BCUT2D eigenvalue weighted by molar-refractivity contribution is 0.0686. The molecule has 0 saturated heterocycles. The number of halogens is 2. The van der Waals surface area contributed by atoms with Crippen LogP contribution in [0.25, 0.3) is 11.3 Å². The highest BCUT2D eigenvalue weighted by molar-refractivity contribution is 9.10. The Morgan fingerprint density at radius 2 is 2.00 bits per heavy atom. The summed E-state index contributed by atoms with van der Waals surface area (Å²) in [6.07, 6.45) is 0. The van der Waals surface area contributed by atoms with Gasteiger partial charge in [-0.2, -0.15) is 0 Å². The first-order chi connectivity index (χ1) is 9.49. The lowest BCUT2D eigenvalue weighted by atomic mass is 10.1. The van der Waals surface area contributed by atoms with Gasteiger partial charge in [0.15, 0.2) is 23.0 Å². The second-order valence-electron chi connectivity index (χ2n) is 3.66. The number of carbonyl (C=O) groups is 1. The Balaban J connectivity index is 2.68. The zero-order chi connectivity index (χ0) is 14.9. The van der Waals surface area contributed by atoms with E-state index in [1.54, 1.807) is 0 Å². The van der Waals surface area contributed by atoms with Gasteiger partial charge in [0.05, 0.1) is 18.7 Å². The molecule has 0 aliphatic rings. The molecule has 0 atom stereocenters. The molecule has 20 heavy (non-hydrogen) atoms. The number of methoxy groups -OCH3 is 2. The van der Waals surface area contributed by atoms with Crippen molar-refractivity contribution < 1.29 is 28.3 Å². The van der Waals surface area contributed by atoms with E-state index in [4.69, 9.17) is 19.1 Å². The standard InChI is InChI=1S/C12H9BrFNO5/c1-18-10-5(13)3-6(14)9(11(10)19-2)8-4-7(12(16)17)15-20-8/h3-4H,1-2H3,(H,16,17). The predicted molar refractivity (Wildman–Crippen MR) is 69.7 cm³/mol. The maximum Gasteiger partial charge on any atom is 0.358 e. The van der Waals surface area contributed by atoms with Crippen molar-refractivity contribution in [1.82, 2.24) is 5.16 Å². The van der Waals surface area contributed by atoms with Gasteiger partial charge in [-0.25, -0.2) is 9.18 Å². The quantitative estimate of drug-likeness (QED) is 0.917. The molecule has 106 valence electrons. The fourth-order valence-electron chi connectivity index (χ4n) is 1.69. The normalized spacial score (nSPS) is 10.4. The van der Waals surface area contributed by atoms with E-state index in [9.17, 15) is 9.18 Å². The molecule has 2 aromatic rings. The van der Waals surface area contributed by atoms with Gasteiger partial charge in [-0.1, -0.05) is 5.16 Å². The molecule has 8 heteroatoms. The number of benzene rings is 1. The van der Waals surface area contributed by atoms with Crippen LogP contribution in [0.3, 0.4) is 0 Å². The largest absolute Gasteiger partial charge is 0.492 e. The molecule has 0 bridgehead atoms. The van der Waals surface area contributed by atoms with Crippen LogP contribution in [0.2, 0.25) is 0 Å². The van der Waals surface area contributed by atoms with Gasteiger partial charge >= 0.3 is 5.97 Å². The van der Waals surface area contributed by atoms with Crippen molar-refractivity contribution >= 4 is 21.9 Å². The maximum absolute atomic E-state index is 14.1. The second-order valence-corrected chi connectivity index (χ2v) is 4.52. The summed E-state index contributed by atoms with van der Waals surface area (Å²) in [6, 6.07) is 2.27. The molecule has 1 aromatic heterocycles. The summed E-state index contributed by atoms with van der Waals surface area (Å²) in [5, 5.41) is 12.1. The molecule has 2 rings (SSSR count). The van der Waals surface area contributed by atoms with Gasteiger partial charge < -0.3 is 19.1 Å². The van der Waals surface area contributed by atoms with Crippen LogP contribution >= 0.6 is 15.9 Å². The van der Waals surface area contributed by atoms with E-state index in [-0.39, 0.29) is 28.5 Å². The van der Waals surface area contributed by atoms with Gasteiger partial charge in [0.25, 0.3) is 0 Å². The van der Waals surface area contributed by atoms with E-state index in [0.717, 1.165) is 6.07 Å². The predicted octanol–water partition coefficient (Wildman–Crippen LogP) is 2.96. The summed E-state index contributed by atoms with van der Waals surface area (Å²) < 4.78 is 29.6. The van der Waals surface area contributed by atoms with Crippen LogP contribution in [-0.4, -0.2) is 30.5 Å². The highest BCUT2D eigenvalue weighted by atomic mass is 79.9. The molecule has 6 nitrogen and oxygen atoms in total. The first kappa shape index (κ1) is 14.3. The first-order valence-corrected chi connectivity index (χ1v) is 6.09. The zero-order valence-electron chi connectivity index (χ0n) is 10.4. The van der Waals surface area contributed by atoms with Crippen molar-refractivity contribution in [2.75, 3.05) is 14.2 Å². The summed E-state index contributed by atoms with van der Waals surface area (Å²) in [7, 11) is 2.73. The van der Waals surface area contributed by atoms with Gasteiger partial charge in [-0.05, 0) is 22.0 Å². The third-order valence-corrected chi connectivity index (χ3v) is 3.12. The van der Waals surface area contributed by atoms with Crippen molar-refractivity contribution in [2.24, 2.45) is 0 Å². The summed E-state index contributed by atoms with van der Waals surface area (Å²) >= 11 is 3.15. The highest BCUT2D eigenvalue weighted by Gasteiger charge is 2.24. The van der Waals surface area contributed by atoms with E-state index in [2.05, 4.69) is 21.1 Å². The number of aromatic carboxylic acids is 1. The van der Waals surface area contributed by atoms with E-state index in [1.165, 1.54) is 20.3 Å². The lowest BCUT2D eigenvalue weighted by Gasteiger charge is -2.13. The minimum absolute atomic E-state index is 0.0625. The van der Waals surface area contributed by atoms with Gasteiger partial charge in [0.1, 0.15) is 11.4 Å². The van der Waals surface area contributed by atoms with Crippen molar-refractivity contribution in [3.8, 4) is 22.8 Å². The highest BCUT2D eigenvalue weighted by Crippen LogP contribution is 2.44. The smallest absolute Gasteiger partial charge is 0.358 e. The second kappa shape index (κ2) is 5.49. The average molecular weight is 346 g/mol. The molecule has 0 fully saturated rings. The molecule has 0 saturated carbocycles. The Kier molecular flexibility index (Phi) is 3.93. The van der Waals surface area contributed by atoms with Crippen LogP contribution in [0.4, 0.5) is 4.39 Å². The molecule has 0 aliphatic heterocycles. The molecule has 1 heterocycles. The maximum atomic E-state index is 14.1.